The van der Waals surface area contributed by atoms with Crippen LogP contribution in [0.15, 0.2) is 62.9 Å². The van der Waals surface area contributed by atoms with Crippen LogP contribution >= 0.6 is 23.1 Å². The minimum atomic E-state index is -0.133. The van der Waals surface area contributed by atoms with E-state index in [1.807, 2.05) is 41.5 Å². The van der Waals surface area contributed by atoms with Crippen LogP contribution in [-0.2, 0) is 5.75 Å². The van der Waals surface area contributed by atoms with Gasteiger partial charge in [0.05, 0.1) is 5.56 Å². The standard InChI is InChI=1S/C25H24N4O3S2/c1-16-14-33-25(27-16)34-15-20-19-6-2-3-7-21(19)32-22(20)24(31)29-11-8-18(9-12-29)28-23(30)17-5-4-10-26-13-17/h2-7,10,13-14,18H,8-9,11-12,15H2,1H3,(H,28,30). The topological polar surface area (TPSA) is 88.3 Å². The van der Waals surface area contributed by atoms with Crippen molar-refractivity contribution < 1.29 is 14.0 Å². The van der Waals surface area contributed by atoms with E-state index in [4.69, 9.17) is 4.42 Å². The van der Waals surface area contributed by atoms with Crippen molar-refractivity contribution in [1.82, 2.24) is 20.2 Å². The second kappa shape index (κ2) is 9.99. The van der Waals surface area contributed by atoms with Gasteiger partial charge < -0.3 is 14.6 Å². The first kappa shape index (κ1) is 22.6. The van der Waals surface area contributed by atoms with Gasteiger partial charge in [0.15, 0.2) is 5.76 Å². The van der Waals surface area contributed by atoms with Gasteiger partial charge in [0.2, 0.25) is 0 Å². The SMILES string of the molecule is Cc1csc(SCc2c(C(=O)N3CCC(NC(=O)c4cccnc4)CC3)oc3ccccc23)n1. The summed E-state index contributed by atoms with van der Waals surface area (Å²) in [5.74, 6) is 0.786. The lowest BCUT2D eigenvalue weighted by atomic mass is 10.0. The summed E-state index contributed by atoms with van der Waals surface area (Å²) < 4.78 is 7.04. The summed E-state index contributed by atoms with van der Waals surface area (Å²) in [7, 11) is 0. The zero-order valence-corrected chi connectivity index (χ0v) is 20.3. The third-order valence-electron chi connectivity index (χ3n) is 5.87. The van der Waals surface area contributed by atoms with Crippen LogP contribution in [0.4, 0.5) is 0 Å². The van der Waals surface area contributed by atoms with Gasteiger partial charge in [-0.1, -0.05) is 30.0 Å². The summed E-state index contributed by atoms with van der Waals surface area (Å²) in [6, 6.07) is 11.3. The van der Waals surface area contributed by atoms with E-state index in [2.05, 4.69) is 15.3 Å². The molecule has 174 valence electrons. The number of nitrogens with one attached hydrogen (secondary N) is 1. The summed E-state index contributed by atoms with van der Waals surface area (Å²) in [5, 5.41) is 6.05. The van der Waals surface area contributed by atoms with Crippen LogP contribution in [0.2, 0.25) is 0 Å². The maximum Gasteiger partial charge on any atom is 0.289 e. The third-order valence-corrected chi connectivity index (χ3v) is 8.04. The normalized spacial score (nSPS) is 14.4. The molecule has 0 atom stereocenters. The fourth-order valence-corrected chi connectivity index (χ4v) is 5.96. The first-order chi connectivity index (χ1) is 16.6. The number of amides is 2. The minimum Gasteiger partial charge on any atom is -0.451 e. The monoisotopic (exact) mass is 492 g/mol. The van der Waals surface area contributed by atoms with Gasteiger partial charge in [-0.2, -0.15) is 0 Å². The lowest BCUT2D eigenvalue weighted by Crippen LogP contribution is -2.46. The van der Waals surface area contributed by atoms with Gasteiger partial charge in [-0.05, 0) is 38.0 Å². The van der Waals surface area contributed by atoms with Crippen molar-refractivity contribution in [3.63, 3.8) is 0 Å². The molecule has 4 aromatic rings. The molecule has 0 saturated carbocycles. The maximum atomic E-state index is 13.5. The zero-order chi connectivity index (χ0) is 23.5. The Morgan fingerprint density at radius 1 is 1.21 bits per heavy atom. The number of likely N-dealkylation sites (tertiary alicyclic amines) is 1. The van der Waals surface area contributed by atoms with E-state index < -0.39 is 0 Å². The van der Waals surface area contributed by atoms with Gasteiger partial charge in [-0.3, -0.25) is 14.6 Å². The molecule has 1 N–H and O–H groups in total. The second-order valence-corrected chi connectivity index (χ2v) is 10.3. The van der Waals surface area contributed by atoms with E-state index in [1.165, 1.54) is 0 Å². The van der Waals surface area contributed by atoms with Crippen molar-refractivity contribution in [3.05, 3.63) is 76.8 Å². The lowest BCUT2D eigenvalue weighted by Gasteiger charge is -2.32. The Labute approximate surface area is 205 Å². The first-order valence-electron chi connectivity index (χ1n) is 11.1. The molecule has 1 aliphatic rings. The van der Waals surface area contributed by atoms with Crippen molar-refractivity contribution in [1.29, 1.82) is 0 Å². The molecule has 4 heterocycles. The molecule has 0 unspecified atom stereocenters. The quantitative estimate of drug-likeness (QED) is 0.385. The van der Waals surface area contributed by atoms with E-state index in [0.717, 1.165) is 26.6 Å². The maximum absolute atomic E-state index is 13.5. The molecule has 0 spiro atoms. The molecule has 2 amide bonds. The number of para-hydroxylation sites is 1. The molecule has 7 nitrogen and oxygen atoms in total. The second-order valence-electron chi connectivity index (χ2n) is 8.23. The number of hydrogen-bond acceptors (Lipinski definition) is 7. The molecule has 0 aliphatic carbocycles. The fraction of sp³-hybridized carbons (Fsp3) is 0.280. The average Bonchev–Trinajstić information content (AvgIpc) is 3.46. The van der Waals surface area contributed by atoms with E-state index in [0.29, 0.717) is 43.0 Å². The number of carbonyl (C=O) groups is 2. The Morgan fingerprint density at radius 3 is 2.76 bits per heavy atom. The van der Waals surface area contributed by atoms with Crippen LogP contribution < -0.4 is 5.32 Å². The summed E-state index contributed by atoms with van der Waals surface area (Å²) in [6.07, 6.45) is 4.59. The molecular weight excluding hydrogens is 468 g/mol. The number of nitrogens with zero attached hydrogens (tertiary/aromatic N) is 3. The van der Waals surface area contributed by atoms with E-state index in [-0.39, 0.29) is 17.9 Å². The Hall–Kier alpha value is -3.17. The molecule has 0 radical (unpaired) electrons. The molecule has 9 heteroatoms. The molecule has 1 aliphatic heterocycles. The highest BCUT2D eigenvalue weighted by molar-refractivity contribution is 8.00. The molecule has 3 aromatic heterocycles. The number of benzene rings is 1. The molecule has 1 aromatic carbocycles. The van der Waals surface area contributed by atoms with Crippen molar-refractivity contribution in [2.24, 2.45) is 0 Å². The van der Waals surface area contributed by atoms with E-state index in [1.54, 1.807) is 47.6 Å². The van der Waals surface area contributed by atoms with Crippen LogP contribution in [-0.4, -0.2) is 45.8 Å². The highest BCUT2D eigenvalue weighted by atomic mass is 32.2. The summed E-state index contributed by atoms with van der Waals surface area (Å²) in [6.45, 7) is 3.10. The number of thioether (sulfide) groups is 1. The van der Waals surface area contributed by atoms with Crippen molar-refractivity contribution >= 4 is 45.9 Å². The minimum absolute atomic E-state index is 0.0237. The summed E-state index contributed by atoms with van der Waals surface area (Å²) >= 11 is 3.23. The lowest BCUT2D eigenvalue weighted by molar-refractivity contribution is 0.0668. The molecule has 34 heavy (non-hydrogen) atoms. The molecule has 1 saturated heterocycles. The molecule has 0 bridgehead atoms. The summed E-state index contributed by atoms with van der Waals surface area (Å²) in [5.41, 5.74) is 3.17. The number of hydrogen-bond donors (Lipinski definition) is 1. The molecule has 1 fully saturated rings. The fourth-order valence-electron chi connectivity index (χ4n) is 4.08. The van der Waals surface area contributed by atoms with Crippen molar-refractivity contribution in [3.8, 4) is 0 Å². The van der Waals surface area contributed by atoms with Crippen LogP contribution in [0, 0.1) is 6.92 Å². The number of fused-ring (bicyclic) bond motifs is 1. The number of aryl methyl sites for hydroxylation is 1. The molecular formula is C25H24N4O3S2. The number of furan rings is 1. The van der Waals surface area contributed by atoms with Gasteiger partial charge in [-0.25, -0.2) is 4.98 Å². The number of thiazole rings is 1. The van der Waals surface area contributed by atoms with Gasteiger partial charge in [0.1, 0.15) is 9.92 Å². The Bertz CT molecular complexity index is 1310. The van der Waals surface area contributed by atoms with Gasteiger partial charge in [0, 0.05) is 59.3 Å². The van der Waals surface area contributed by atoms with Crippen LogP contribution in [0.25, 0.3) is 11.0 Å². The number of pyridine rings is 1. The first-order valence-corrected chi connectivity index (χ1v) is 13.0. The number of aromatic nitrogens is 2. The third kappa shape index (κ3) is 4.85. The van der Waals surface area contributed by atoms with E-state index >= 15 is 0 Å². The highest BCUT2D eigenvalue weighted by Gasteiger charge is 2.29. The number of piperidine rings is 1. The van der Waals surface area contributed by atoms with Gasteiger partial charge in [-0.15, -0.1) is 11.3 Å². The Morgan fingerprint density at radius 2 is 2.03 bits per heavy atom. The smallest absolute Gasteiger partial charge is 0.289 e. The largest absolute Gasteiger partial charge is 0.451 e. The Balaban J connectivity index is 1.27. The number of carbonyl (C=O) groups excluding carboxylic acids is 2. The van der Waals surface area contributed by atoms with Gasteiger partial charge in [0.25, 0.3) is 11.8 Å². The highest BCUT2D eigenvalue weighted by Crippen LogP contribution is 2.34. The predicted molar refractivity (Wildman–Crippen MR) is 133 cm³/mol. The predicted octanol–water partition coefficient (Wildman–Crippen LogP) is 4.92. The Kier molecular flexibility index (Phi) is 6.64. The van der Waals surface area contributed by atoms with Crippen LogP contribution in [0.3, 0.4) is 0 Å². The zero-order valence-electron chi connectivity index (χ0n) is 18.7. The molecule has 5 rings (SSSR count). The summed E-state index contributed by atoms with van der Waals surface area (Å²) in [4.78, 5) is 36.3. The van der Waals surface area contributed by atoms with Crippen LogP contribution in [0.5, 0.6) is 0 Å². The van der Waals surface area contributed by atoms with E-state index in [9.17, 15) is 9.59 Å². The average molecular weight is 493 g/mol. The van der Waals surface area contributed by atoms with Crippen molar-refractivity contribution in [2.45, 2.75) is 35.9 Å². The number of rotatable bonds is 6. The van der Waals surface area contributed by atoms with Gasteiger partial charge >= 0.3 is 0 Å². The van der Waals surface area contributed by atoms with Crippen LogP contribution in [0.1, 0.15) is 45.0 Å². The van der Waals surface area contributed by atoms with Crippen molar-refractivity contribution in [2.75, 3.05) is 13.1 Å².